The van der Waals surface area contributed by atoms with Gasteiger partial charge in [-0.3, -0.25) is 4.79 Å². The minimum absolute atomic E-state index is 0.0863. The van der Waals surface area contributed by atoms with E-state index < -0.39 is 23.3 Å². The summed E-state index contributed by atoms with van der Waals surface area (Å²) in [5.74, 6) is -1.81. The van der Waals surface area contributed by atoms with Gasteiger partial charge in [-0.1, -0.05) is 0 Å². The maximum atomic E-state index is 13.9. The van der Waals surface area contributed by atoms with E-state index in [2.05, 4.69) is 9.97 Å². The van der Waals surface area contributed by atoms with Crippen LogP contribution in [0.25, 0.3) is 21.0 Å². The van der Waals surface area contributed by atoms with Gasteiger partial charge in [0.15, 0.2) is 17.9 Å². The van der Waals surface area contributed by atoms with Crippen molar-refractivity contribution in [2.75, 3.05) is 18.0 Å². The van der Waals surface area contributed by atoms with Crippen LogP contribution in [-0.4, -0.2) is 34.5 Å². The number of hydrogen-bond acceptors (Lipinski definition) is 6. The van der Waals surface area contributed by atoms with E-state index in [4.69, 9.17) is 0 Å². The standard InChI is InChI=1S/C20H15F4N3O2S/c21-15-7-11(5-13(10-28)17(15)29)16-9-26-19(30-16)12-6-14(20(22,23)24)18(25-8-12)27-3-1-2-4-27/h5-10,29H,1-4H2. The zero-order valence-corrected chi connectivity index (χ0v) is 16.2. The second-order valence-electron chi connectivity index (χ2n) is 6.83. The molecule has 0 bridgehead atoms. The first-order valence-electron chi connectivity index (χ1n) is 9.04. The molecule has 0 unspecified atom stereocenters. The number of carbonyl (C=O) groups excluding carboxylic acids is 1. The number of anilines is 1. The number of rotatable bonds is 4. The molecule has 5 nitrogen and oxygen atoms in total. The number of halogens is 4. The molecular weight excluding hydrogens is 422 g/mol. The Hall–Kier alpha value is -3.01. The topological polar surface area (TPSA) is 66.3 Å². The van der Waals surface area contributed by atoms with Crippen LogP contribution in [0.4, 0.5) is 23.4 Å². The van der Waals surface area contributed by atoms with Gasteiger partial charge < -0.3 is 10.0 Å². The molecule has 0 amide bonds. The average molecular weight is 437 g/mol. The lowest BCUT2D eigenvalue weighted by molar-refractivity contribution is -0.137. The number of carbonyl (C=O) groups is 1. The summed E-state index contributed by atoms with van der Waals surface area (Å²) in [4.78, 5) is 21.3. The van der Waals surface area contributed by atoms with Crippen LogP contribution in [0.3, 0.4) is 0 Å². The van der Waals surface area contributed by atoms with Crippen molar-refractivity contribution in [1.82, 2.24) is 9.97 Å². The predicted molar refractivity (Wildman–Crippen MR) is 104 cm³/mol. The SMILES string of the molecule is O=Cc1cc(-c2cnc(-c3cnc(N4CCCC4)c(C(F)(F)F)c3)s2)cc(F)c1O. The second kappa shape index (κ2) is 7.67. The normalized spacial score (nSPS) is 14.3. The van der Waals surface area contributed by atoms with Gasteiger partial charge in [0, 0.05) is 31.0 Å². The molecule has 1 aliphatic heterocycles. The third kappa shape index (κ3) is 3.74. The summed E-state index contributed by atoms with van der Waals surface area (Å²) in [6.45, 7) is 1.06. The zero-order chi connectivity index (χ0) is 21.5. The molecule has 2 aromatic heterocycles. The average Bonchev–Trinajstić information content (AvgIpc) is 3.41. The summed E-state index contributed by atoms with van der Waals surface area (Å²) in [6, 6.07) is 3.35. The van der Waals surface area contributed by atoms with Gasteiger partial charge in [0.25, 0.3) is 0 Å². The largest absolute Gasteiger partial charge is 0.504 e. The molecule has 0 radical (unpaired) electrons. The minimum Gasteiger partial charge on any atom is -0.504 e. The molecule has 0 saturated carbocycles. The van der Waals surface area contributed by atoms with Crippen LogP contribution in [0, 0.1) is 5.82 Å². The highest BCUT2D eigenvalue weighted by Crippen LogP contribution is 2.40. The number of benzene rings is 1. The molecule has 30 heavy (non-hydrogen) atoms. The number of pyridine rings is 1. The number of nitrogens with zero attached hydrogens (tertiary/aromatic N) is 3. The number of phenols is 1. The summed E-state index contributed by atoms with van der Waals surface area (Å²) >= 11 is 1.03. The van der Waals surface area contributed by atoms with Gasteiger partial charge in [-0.05, 0) is 36.6 Å². The summed E-state index contributed by atoms with van der Waals surface area (Å²) in [5, 5.41) is 9.81. The van der Waals surface area contributed by atoms with Crippen LogP contribution in [0.1, 0.15) is 28.8 Å². The van der Waals surface area contributed by atoms with Crippen LogP contribution in [-0.2, 0) is 6.18 Å². The smallest absolute Gasteiger partial charge is 0.419 e. The first kappa shape index (κ1) is 20.3. The fraction of sp³-hybridized carbons (Fsp3) is 0.250. The van der Waals surface area contributed by atoms with Gasteiger partial charge in [0.1, 0.15) is 10.8 Å². The van der Waals surface area contributed by atoms with Crippen molar-refractivity contribution in [3.05, 3.63) is 47.5 Å². The molecule has 10 heteroatoms. The van der Waals surface area contributed by atoms with Gasteiger partial charge in [-0.15, -0.1) is 11.3 Å². The molecule has 3 aromatic rings. The molecule has 156 valence electrons. The summed E-state index contributed by atoms with van der Waals surface area (Å²) < 4.78 is 54.8. The van der Waals surface area contributed by atoms with Crippen molar-refractivity contribution in [2.45, 2.75) is 19.0 Å². The Morgan fingerprint density at radius 1 is 1.07 bits per heavy atom. The molecule has 4 rings (SSSR count). The van der Waals surface area contributed by atoms with Crippen molar-refractivity contribution in [2.24, 2.45) is 0 Å². The fourth-order valence-corrected chi connectivity index (χ4v) is 4.24. The molecule has 1 fully saturated rings. The third-order valence-electron chi connectivity index (χ3n) is 4.83. The highest BCUT2D eigenvalue weighted by atomic mass is 32.1. The Labute approximate surface area is 172 Å². The van der Waals surface area contributed by atoms with E-state index in [1.807, 2.05) is 0 Å². The molecule has 0 aliphatic carbocycles. The number of aromatic nitrogens is 2. The van der Waals surface area contributed by atoms with E-state index in [1.54, 1.807) is 4.90 Å². The number of aldehydes is 1. The van der Waals surface area contributed by atoms with Gasteiger partial charge in [0.2, 0.25) is 0 Å². The molecular formula is C20H15F4N3O2S. The number of thiazole rings is 1. The lowest BCUT2D eigenvalue weighted by Gasteiger charge is -2.21. The molecule has 1 aliphatic rings. The second-order valence-corrected chi connectivity index (χ2v) is 7.86. The Morgan fingerprint density at radius 3 is 2.47 bits per heavy atom. The first-order chi connectivity index (χ1) is 14.3. The Balaban J connectivity index is 1.73. The lowest BCUT2D eigenvalue weighted by Crippen LogP contribution is -2.23. The van der Waals surface area contributed by atoms with Crippen LogP contribution < -0.4 is 4.90 Å². The Kier molecular flexibility index (Phi) is 5.19. The Bertz CT molecular complexity index is 1110. The van der Waals surface area contributed by atoms with Crippen LogP contribution in [0.15, 0.2) is 30.6 Å². The van der Waals surface area contributed by atoms with Crippen molar-refractivity contribution >= 4 is 23.4 Å². The van der Waals surface area contributed by atoms with E-state index in [1.165, 1.54) is 18.5 Å². The highest BCUT2D eigenvalue weighted by molar-refractivity contribution is 7.18. The van der Waals surface area contributed by atoms with Crippen LogP contribution in [0.5, 0.6) is 5.75 Å². The summed E-state index contributed by atoms with van der Waals surface area (Å²) in [6.07, 6.45) is 0.118. The highest BCUT2D eigenvalue weighted by Gasteiger charge is 2.37. The first-order valence-corrected chi connectivity index (χ1v) is 9.86. The van der Waals surface area contributed by atoms with Gasteiger partial charge in [-0.25, -0.2) is 14.4 Å². The number of aromatic hydroxyl groups is 1. The monoisotopic (exact) mass is 437 g/mol. The summed E-state index contributed by atoms with van der Waals surface area (Å²) in [7, 11) is 0. The van der Waals surface area contributed by atoms with Crippen LogP contribution >= 0.6 is 11.3 Å². The fourth-order valence-electron chi connectivity index (χ4n) is 3.36. The molecule has 1 aromatic carbocycles. The van der Waals surface area contributed by atoms with Crippen molar-refractivity contribution in [1.29, 1.82) is 0 Å². The van der Waals surface area contributed by atoms with Crippen LogP contribution in [0.2, 0.25) is 0 Å². The number of alkyl halides is 3. The maximum Gasteiger partial charge on any atom is 0.419 e. The van der Waals surface area contributed by atoms with E-state index in [0.29, 0.717) is 24.3 Å². The molecule has 1 saturated heterocycles. The number of phenolic OH excluding ortho intramolecular Hbond substituents is 1. The van der Waals surface area contributed by atoms with E-state index in [9.17, 15) is 27.5 Å². The third-order valence-corrected chi connectivity index (χ3v) is 5.93. The molecule has 3 heterocycles. The van der Waals surface area contributed by atoms with Crippen molar-refractivity contribution < 1.29 is 27.5 Å². The van der Waals surface area contributed by atoms with Gasteiger partial charge >= 0.3 is 6.18 Å². The molecule has 0 spiro atoms. The zero-order valence-electron chi connectivity index (χ0n) is 15.4. The number of hydrogen-bond donors (Lipinski definition) is 1. The molecule has 1 N–H and O–H groups in total. The van der Waals surface area contributed by atoms with E-state index >= 15 is 0 Å². The van der Waals surface area contributed by atoms with Gasteiger partial charge in [-0.2, -0.15) is 13.2 Å². The van der Waals surface area contributed by atoms with Gasteiger partial charge in [0.05, 0.1) is 16.0 Å². The molecule has 0 atom stereocenters. The summed E-state index contributed by atoms with van der Waals surface area (Å²) in [5.41, 5.74) is -0.571. The maximum absolute atomic E-state index is 13.9. The minimum atomic E-state index is -4.57. The lowest BCUT2D eigenvalue weighted by atomic mass is 10.1. The van der Waals surface area contributed by atoms with Crippen molar-refractivity contribution in [3.63, 3.8) is 0 Å². The predicted octanol–water partition coefficient (Wildman–Crippen LogP) is 5.15. The van der Waals surface area contributed by atoms with E-state index in [0.717, 1.165) is 36.3 Å². The quantitative estimate of drug-likeness (QED) is 0.452. The van der Waals surface area contributed by atoms with Crippen molar-refractivity contribution in [3.8, 4) is 26.8 Å². The van der Waals surface area contributed by atoms with E-state index in [-0.39, 0.29) is 27.5 Å². The Morgan fingerprint density at radius 2 is 1.80 bits per heavy atom.